The molecule has 1 N–H and O–H groups in total. The van der Waals surface area contributed by atoms with Crippen LogP contribution in [0.25, 0.3) is 0 Å². The first-order valence-electron chi connectivity index (χ1n) is 18.3. The minimum absolute atomic E-state index is 0.0229. The van der Waals surface area contributed by atoms with Crippen molar-refractivity contribution < 1.29 is 23.9 Å². The van der Waals surface area contributed by atoms with Crippen LogP contribution < -0.4 is 5.32 Å². The number of piperidine rings is 1. The smallest absolute Gasteiger partial charge is 0.303 e. The minimum atomic E-state index is -0.763. The number of carbonyl (C=O) groups excluding carboxylic acids is 4. The molecular weight excluding hydrogens is 616 g/mol. The molecule has 1 aromatic heterocycles. The fourth-order valence-corrected chi connectivity index (χ4v) is 7.42. The highest BCUT2D eigenvalue weighted by atomic mass is 16.5. The molecule has 1 aliphatic heterocycles. The molecule has 2 aromatic rings. The molecule has 0 bridgehead atoms. The molecule has 268 valence electrons. The van der Waals surface area contributed by atoms with Gasteiger partial charge in [-0.1, -0.05) is 70.5 Å². The fraction of sp³-hybridized carbons (Fsp3) is 0.625. The third-order valence-corrected chi connectivity index (χ3v) is 10.2. The SMILES string of the molecule is CC(=O)O[C@H](C[C@H](C(C)C)N(C)C(=O)[C@@H](CC(=O)[C@H]1CCCCN1C)C1CC1)c1cccc(C(=O)N[C@@H](Cc2ccccc2)CC(C)C)n1. The van der Waals surface area contributed by atoms with Crippen LogP contribution >= 0.6 is 0 Å². The Morgan fingerprint density at radius 2 is 1.67 bits per heavy atom. The minimum Gasteiger partial charge on any atom is -0.456 e. The van der Waals surface area contributed by atoms with E-state index in [9.17, 15) is 19.2 Å². The summed E-state index contributed by atoms with van der Waals surface area (Å²) >= 11 is 0. The molecular formula is C40H58N4O5. The lowest BCUT2D eigenvalue weighted by Gasteiger charge is -2.36. The summed E-state index contributed by atoms with van der Waals surface area (Å²) < 4.78 is 5.84. The number of amides is 2. The Hall–Kier alpha value is -3.59. The molecule has 4 rings (SSSR count). The van der Waals surface area contributed by atoms with Gasteiger partial charge in [0.25, 0.3) is 5.91 Å². The Morgan fingerprint density at radius 3 is 2.29 bits per heavy atom. The average Bonchev–Trinajstić information content (AvgIpc) is 3.90. The molecule has 2 fully saturated rings. The van der Waals surface area contributed by atoms with E-state index in [4.69, 9.17) is 9.72 Å². The first-order chi connectivity index (χ1) is 23.3. The zero-order valence-corrected chi connectivity index (χ0v) is 30.7. The van der Waals surface area contributed by atoms with Crippen LogP contribution in [0.15, 0.2) is 48.5 Å². The van der Waals surface area contributed by atoms with Gasteiger partial charge in [-0.05, 0) is 87.6 Å². The average molecular weight is 675 g/mol. The summed E-state index contributed by atoms with van der Waals surface area (Å²) in [5.74, 6) is -0.295. The van der Waals surface area contributed by atoms with Gasteiger partial charge in [0.1, 0.15) is 11.8 Å². The number of likely N-dealkylation sites (N-methyl/N-ethyl adjacent to an activating group) is 1. The first-order valence-corrected chi connectivity index (χ1v) is 18.3. The van der Waals surface area contributed by atoms with Crippen molar-refractivity contribution in [2.24, 2.45) is 23.7 Å². The maximum absolute atomic E-state index is 14.1. The van der Waals surface area contributed by atoms with Gasteiger partial charge in [-0.25, -0.2) is 4.98 Å². The first kappa shape index (κ1) is 38.2. The number of hydrogen-bond donors (Lipinski definition) is 1. The summed E-state index contributed by atoms with van der Waals surface area (Å²) in [5.41, 5.74) is 1.87. The highest BCUT2D eigenvalue weighted by molar-refractivity contribution is 5.92. The molecule has 1 aromatic carbocycles. The highest BCUT2D eigenvalue weighted by Gasteiger charge is 2.42. The molecule has 9 heteroatoms. The monoisotopic (exact) mass is 674 g/mol. The molecule has 0 radical (unpaired) electrons. The van der Waals surface area contributed by atoms with Crippen LogP contribution in [0, 0.1) is 23.7 Å². The van der Waals surface area contributed by atoms with Gasteiger partial charge in [0.15, 0.2) is 5.78 Å². The van der Waals surface area contributed by atoms with Gasteiger partial charge in [-0.3, -0.25) is 24.1 Å². The van der Waals surface area contributed by atoms with E-state index in [1.807, 2.05) is 46.1 Å². The molecule has 0 spiro atoms. The predicted molar refractivity (Wildman–Crippen MR) is 192 cm³/mol. The Kier molecular flexibility index (Phi) is 13.9. The number of esters is 1. The summed E-state index contributed by atoms with van der Waals surface area (Å²) in [5, 5.41) is 3.19. The standard InChI is InChI=1S/C40H58N4O5/c1-26(2)22-31(23-29-14-9-8-10-15-29)41-39(47)34-17-13-16-33(42-34)38(49-28(5)45)25-36(27(3)4)44(7)40(48)32(30-19-20-30)24-37(46)35-18-11-12-21-43(35)6/h8-10,13-17,26-27,30-32,35-36,38H,11-12,18-25H2,1-7H3,(H,41,47)/t31-,32+,35-,36-,38-/m1/s1. The number of benzene rings is 1. The molecule has 2 aliphatic rings. The molecule has 2 amide bonds. The van der Waals surface area contributed by atoms with Crippen molar-refractivity contribution in [2.75, 3.05) is 20.6 Å². The number of ether oxygens (including phenoxy) is 1. The van der Waals surface area contributed by atoms with Crippen LogP contribution in [0.2, 0.25) is 0 Å². The number of carbonyl (C=O) groups is 4. The lowest BCUT2D eigenvalue weighted by Crippen LogP contribution is -2.47. The zero-order chi connectivity index (χ0) is 35.7. The second kappa shape index (κ2) is 17.9. The highest BCUT2D eigenvalue weighted by Crippen LogP contribution is 2.41. The summed E-state index contributed by atoms with van der Waals surface area (Å²) in [7, 11) is 3.82. The Morgan fingerprint density at radius 1 is 0.959 bits per heavy atom. The van der Waals surface area contributed by atoms with Crippen LogP contribution in [-0.2, 0) is 25.5 Å². The molecule has 1 saturated heterocycles. The quantitative estimate of drug-likeness (QED) is 0.193. The van der Waals surface area contributed by atoms with E-state index in [0.29, 0.717) is 24.5 Å². The number of nitrogens with one attached hydrogen (secondary N) is 1. The summed E-state index contributed by atoms with van der Waals surface area (Å²) in [6.07, 6.45) is 6.26. The largest absolute Gasteiger partial charge is 0.456 e. The lowest BCUT2D eigenvalue weighted by molar-refractivity contribution is -0.149. The normalized spacial score (nSPS) is 19.2. The van der Waals surface area contributed by atoms with Crippen molar-refractivity contribution in [2.45, 2.75) is 117 Å². The molecule has 1 aliphatic carbocycles. The Labute approximate surface area is 293 Å². The topological polar surface area (TPSA) is 109 Å². The summed E-state index contributed by atoms with van der Waals surface area (Å²) in [6.45, 7) is 10.6. The maximum atomic E-state index is 14.1. The maximum Gasteiger partial charge on any atom is 0.303 e. The second-order valence-electron chi connectivity index (χ2n) is 15.1. The van der Waals surface area contributed by atoms with Crippen LogP contribution in [0.3, 0.4) is 0 Å². The number of Topliss-reactive ketones (excluding diaryl/α,β-unsaturated/α-hetero) is 1. The van der Waals surface area contributed by atoms with E-state index in [1.165, 1.54) is 6.92 Å². The van der Waals surface area contributed by atoms with Crippen molar-refractivity contribution in [3.05, 3.63) is 65.5 Å². The summed E-state index contributed by atoms with van der Waals surface area (Å²) in [4.78, 5) is 62.2. The van der Waals surface area contributed by atoms with E-state index >= 15 is 0 Å². The van der Waals surface area contributed by atoms with Gasteiger partial charge >= 0.3 is 5.97 Å². The van der Waals surface area contributed by atoms with Crippen molar-refractivity contribution in [1.29, 1.82) is 0 Å². The van der Waals surface area contributed by atoms with E-state index in [-0.39, 0.29) is 65.6 Å². The van der Waals surface area contributed by atoms with Gasteiger partial charge < -0.3 is 15.0 Å². The number of hydrogen-bond acceptors (Lipinski definition) is 7. The third kappa shape index (κ3) is 11.2. The molecule has 49 heavy (non-hydrogen) atoms. The number of aromatic nitrogens is 1. The summed E-state index contributed by atoms with van der Waals surface area (Å²) in [6, 6.07) is 14.9. The van der Waals surface area contributed by atoms with Crippen molar-refractivity contribution in [1.82, 2.24) is 20.1 Å². The van der Waals surface area contributed by atoms with Crippen LogP contribution in [0.4, 0.5) is 0 Å². The van der Waals surface area contributed by atoms with E-state index in [1.54, 1.807) is 23.1 Å². The Balaban J connectivity index is 1.50. The van der Waals surface area contributed by atoms with Crippen molar-refractivity contribution >= 4 is 23.6 Å². The number of rotatable bonds is 17. The second-order valence-corrected chi connectivity index (χ2v) is 15.1. The van der Waals surface area contributed by atoms with Crippen LogP contribution in [0.1, 0.15) is 114 Å². The van der Waals surface area contributed by atoms with Gasteiger partial charge in [0.05, 0.1) is 11.7 Å². The van der Waals surface area contributed by atoms with E-state index in [2.05, 4.69) is 36.2 Å². The Bertz CT molecular complexity index is 1410. The number of ketones is 1. The van der Waals surface area contributed by atoms with Gasteiger partial charge in [0.2, 0.25) is 5.91 Å². The fourth-order valence-electron chi connectivity index (χ4n) is 7.42. The van der Waals surface area contributed by atoms with Crippen molar-refractivity contribution in [3.8, 4) is 0 Å². The van der Waals surface area contributed by atoms with E-state index < -0.39 is 12.1 Å². The molecule has 2 heterocycles. The molecule has 9 nitrogen and oxygen atoms in total. The van der Waals surface area contributed by atoms with Gasteiger partial charge in [-0.2, -0.15) is 0 Å². The predicted octanol–water partition coefficient (Wildman–Crippen LogP) is 6.42. The zero-order valence-electron chi connectivity index (χ0n) is 30.7. The van der Waals surface area contributed by atoms with E-state index in [0.717, 1.165) is 50.6 Å². The number of pyridine rings is 1. The van der Waals surface area contributed by atoms with Crippen LogP contribution in [-0.4, -0.2) is 77.1 Å². The van der Waals surface area contributed by atoms with Gasteiger partial charge in [0, 0.05) is 44.8 Å². The molecule has 1 saturated carbocycles. The van der Waals surface area contributed by atoms with Crippen molar-refractivity contribution in [3.63, 3.8) is 0 Å². The van der Waals surface area contributed by atoms with Crippen LogP contribution in [0.5, 0.6) is 0 Å². The number of nitrogens with zero attached hydrogens (tertiary/aromatic N) is 3. The molecule has 5 atom stereocenters. The molecule has 0 unspecified atom stereocenters. The number of likely N-dealkylation sites (tertiary alicyclic amines) is 1. The van der Waals surface area contributed by atoms with Gasteiger partial charge in [-0.15, -0.1) is 0 Å². The third-order valence-electron chi connectivity index (χ3n) is 10.2. The lowest BCUT2D eigenvalue weighted by atomic mass is 9.88.